The van der Waals surface area contributed by atoms with Gasteiger partial charge >= 0.3 is 23.9 Å². The van der Waals surface area contributed by atoms with Gasteiger partial charge in [-0.25, -0.2) is 13.7 Å². The van der Waals surface area contributed by atoms with Gasteiger partial charge in [0.2, 0.25) is 0 Å². The fourth-order valence-electron chi connectivity index (χ4n) is 8.34. The molecular weight excluding hydrogens is 1370 g/mol. The van der Waals surface area contributed by atoms with E-state index in [0.717, 1.165) is 56.6 Å². The molecule has 0 saturated carbocycles. The second kappa shape index (κ2) is 43.1. The average molecular weight is 1450 g/mol. The van der Waals surface area contributed by atoms with Gasteiger partial charge in [-0.15, -0.1) is 11.8 Å². The summed E-state index contributed by atoms with van der Waals surface area (Å²) < 4.78 is 87.7. The molecule has 0 bridgehead atoms. The third-order valence-electron chi connectivity index (χ3n) is 12.8. The molecule has 0 aliphatic heterocycles. The first-order valence-electron chi connectivity index (χ1n) is 29.0. The van der Waals surface area contributed by atoms with Crippen molar-refractivity contribution in [3.8, 4) is 17.2 Å². The SMILES string of the molecule is CC(C)c1cccc(C(C)C)c1OCCl.CC(C)c1cccc(C(C)C)c1OCOP(=O)(OCc1ccccc1)OCc1ccccc1.CSCOc1c(C(C)C)cccc1C(C)C.O=P(O)(OCc1ccccc1)OCc1ccccc1.O=S(=O)(Cl)Cl.[Ag]. The molecule has 89 heavy (non-hydrogen) atoms. The van der Waals surface area contributed by atoms with Gasteiger partial charge in [0.15, 0.2) is 12.9 Å². The summed E-state index contributed by atoms with van der Waals surface area (Å²) in [4.78, 5) is 9.55. The van der Waals surface area contributed by atoms with Crippen LogP contribution in [0.3, 0.4) is 0 Å². The topological polar surface area (TPSA) is 162 Å². The molecule has 0 heterocycles. The summed E-state index contributed by atoms with van der Waals surface area (Å²) in [5.74, 6) is 6.04. The maximum absolute atomic E-state index is 13.4. The smallest absolute Gasteiger partial charge is 0.478 e. The summed E-state index contributed by atoms with van der Waals surface area (Å²) in [5, 5.41) is 0. The number of thioether (sulfide) groups is 1. The van der Waals surface area contributed by atoms with Crippen molar-refractivity contribution in [3.05, 3.63) is 232 Å². The van der Waals surface area contributed by atoms with E-state index in [1.54, 1.807) is 11.8 Å². The monoisotopic (exact) mass is 1450 g/mol. The van der Waals surface area contributed by atoms with Gasteiger partial charge in [-0.3, -0.25) is 18.1 Å². The van der Waals surface area contributed by atoms with Crippen molar-refractivity contribution in [2.24, 2.45) is 0 Å². The van der Waals surface area contributed by atoms with Gasteiger partial charge in [-0.05, 0) is 97.4 Å². The van der Waals surface area contributed by atoms with E-state index in [-0.39, 0.29) is 73.5 Å². The second-order valence-corrected chi connectivity index (χ2v) is 29.6. The van der Waals surface area contributed by atoms with Gasteiger partial charge in [0.1, 0.15) is 23.2 Å². The maximum atomic E-state index is 13.4. The van der Waals surface area contributed by atoms with Crippen molar-refractivity contribution in [1.82, 2.24) is 0 Å². The molecule has 0 aromatic heterocycles. The van der Waals surface area contributed by atoms with Crippen molar-refractivity contribution in [2.75, 3.05) is 25.1 Å². The van der Waals surface area contributed by atoms with Gasteiger partial charge in [-0.1, -0.05) is 271 Å². The number of rotatable bonds is 27. The van der Waals surface area contributed by atoms with Crippen LogP contribution in [0.1, 0.15) is 174 Å². The Bertz CT molecular complexity index is 3100. The van der Waals surface area contributed by atoms with Gasteiger partial charge in [0, 0.05) is 43.7 Å². The standard InChI is InChI=1S/C27H33O5P.C14H15O4P.C14H22OS.C13H19ClO.Ag.Cl2O2S/c1-21(2)25-16-11-17-26(22(3)4)27(25)29-20-32-33(28,30-18-23-12-7-5-8-13-23)31-19-24-14-9-6-10-15-24;15-19(16,17-11-13-7-3-1-4-8-13)18-12-14-9-5-2-6-10-14;1-10(2)12-7-6-8-13(11(3)4)14(12)15-9-16-5;1-9(2)11-6-5-7-12(10(3)4)13(11)15-8-14;;1-5(2,3)4/h5-17,21-22H,18-20H2,1-4H3;1-10H,11-12H2,(H,15,16);6-8,10-11H,9H2,1-5H3;5-7,9-10H,8H2,1-4H3;;. The molecule has 0 atom stereocenters. The minimum atomic E-state index is -4.02. The van der Waals surface area contributed by atoms with Crippen LogP contribution in [0.5, 0.6) is 17.2 Å². The molecule has 0 aliphatic carbocycles. The zero-order valence-electron chi connectivity index (χ0n) is 53.1. The molecule has 1 radical (unpaired) electrons. The summed E-state index contributed by atoms with van der Waals surface area (Å²) in [6.45, 7) is 26.0. The molecule has 0 spiro atoms. The maximum Gasteiger partial charge on any atom is 0.478 e. The number of phosphoric ester groups is 2. The number of para-hydroxylation sites is 3. The largest absolute Gasteiger partial charge is 0.482 e. The zero-order valence-corrected chi connectivity index (χ0v) is 60.3. The van der Waals surface area contributed by atoms with Crippen LogP contribution in [0.15, 0.2) is 176 Å². The molecule has 1 N–H and O–H groups in total. The van der Waals surface area contributed by atoms with Gasteiger partial charge in [0.05, 0.1) is 26.4 Å². The van der Waals surface area contributed by atoms with Crippen LogP contribution in [-0.4, -0.2) is 38.4 Å². The van der Waals surface area contributed by atoms with E-state index in [0.29, 0.717) is 23.7 Å². The van der Waals surface area contributed by atoms with Crippen LogP contribution < -0.4 is 14.2 Å². The Hall–Kier alpha value is -3.93. The van der Waals surface area contributed by atoms with E-state index in [1.807, 2.05) is 140 Å². The van der Waals surface area contributed by atoms with Crippen LogP contribution in [0.4, 0.5) is 0 Å². The molecule has 7 aromatic rings. The Balaban J connectivity index is 0.000000414. The van der Waals surface area contributed by atoms with E-state index >= 15 is 0 Å². The van der Waals surface area contributed by atoms with Gasteiger partial charge in [0.25, 0.3) is 0 Å². The molecule has 13 nitrogen and oxygen atoms in total. The Morgan fingerprint density at radius 1 is 0.404 bits per heavy atom. The summed E-state index contributed by atoms with van der Waals surface area (Å²) in [6, 6.07) is 56.5. The summed E-state index contributed by atoms with van der Waals surface area (Å²) in [6.07, 6.45) is 2.06. The predicted molar refractivity (Wildman–Crippen MR) is 364 cm³/mol. The molecule has 0 saturated heterocycles. The molecule has 0 fully saturated rings. The number of alkyl halides is 1. The molecule has 493 valence electrons. The van der Waals surface area contributed by atoms with Crippen molar-refractivity contribution >= 4 is 68.6 Å². The van der Waals surface area contributed by atoms with Crippen LogP contribution >= 0.6 is 60.4 Å². The van der Waals surface area contributed by atoms with Crippen molar-refractivity contribution in [3.63, 3.8) is 0 Å². The summed E-state index contributed by atoms with van der Waals surface area (Å²) in [7, 11) is -3.10. The molecule has 7 rings (SSSR count). The summed E-state index contributed by atoms with van der Waals surface area (Å²) >= 11 is 7.38. The molecular formula is C68H89AgCl3O13P2S2. The number of halogens is 3. The molecule has 21 heteroatoms. The Morgan fingerprint density at radius 3 is 0.899 bits per heavy atom. The van der Waals surface area contributed by atoms with E-state index < -0.39 is 23.9 Å². The first-order valence-corrected chi connectivity index (χ1v) is 37.0. The molecule has 0 aliphatic rings. The number of benzene rings is 7. The van der Waals surface area contributed by atoms with Gasteiger partial charge in [-0.2, -0.15) is 8.42 Å². The van der Waals surface area contributed by atoms with Gasteiger partial charge < -0.3 is 19.1 Å². The third kappa shape index (κ3) is 32.5. The van der Waals surface area contributed by atoms with Crippen LogP contribution in [0.2, 0.25) is 0 Å². The van der Waals surface area contributed by atoms with E-state index in [4.69, 9.17) is 56.8 Å². The Labute approximate surface area is 564 Å². The fourth-order valence-corrected chi connectivity index (χ4v) is 10.4. The van der Waals surface area contributed by atoms with Crippen molar-refractivity contribution in [2.45, 2.75) is 145 Å². The summed E-state index contributed by atoms with van der Waals surface area (Å²) in [5.41, 5.74) is 10.7. The number of hydrogen-bond donors (Lipinski definition) is 1. The minimum Gasteiger partial charge on any atom is -0.482 e. The van der Waals surface area contributed by atoms with Crippen molar-refractivity contribution in [1.29, 1.82) is 0 Å². The van der Waals surface area contributed by atoms with Crippen LogP contribution in [0, 0.1) is 0 Å². The number of ether oxygens (including phenoxy) is 3. The van der Waals surface area contributed by atoms with Crippen molar-refractivity contribution < 1.29 is 81.7 Å². The number of phosphoric acid groups is 2. The Kier molecular flexibility index (Phi) is 39.3. The normalized spacial score (nSPS) is 11.4. The first-order chi connectivity index (χ1) is 41.7. The quantitative estimate of drug-likeness (QED) is 0.0170. The van der Waals surface area contributed by atoms with Crippen LogP contribution in [0.25, 0.3) is 0 Å². The Morgan fingerprint density at radius 2 is 0.652 bits per heavy atom. The molecule has 0 amide bonds. The fraction of sp³-hybridized carbons (Fsp3) is 0.382. The average Bonchev–Trinajstić information content (AvgIpc) is 3.55. The minimum absolute atomic E-state index is 0. The third-order valence-corrected chi connectivity index (χ3v) is 15.5. The van der Waals surface area contributed by atoms with Crippen LogP contribution in [-0.2, 0) is 88.8 Å². The zero-order chi connectivity index (χ0) is 65.3. The van der Waals surface area contributed by atoms with E-state index in [2.05, 4.69) is 147 Å². The molecule has 0 unspecified atom stereocenters. The molecule has 7 aromatic carbocycles. The number of hydrogen-bond acceptors (Lipinski definition) is 13. The second-order valence-electron chi connectivity index (χ2n) is 21.8. The first kappa shape index (κ1) is 81.2. The van der Waals surface area contributed by atoms with E-state index in [9.17, 15) is 14.0 Å². The van der Waals surface area contributed by atoms with E-state index in [1.165, 1.54) is 22.3 Å². The predicted octanol–water partition coefficient (Wildman–Crippen LogP) is 21.2.